The summed E-state index contributed by atoms with van der Waals surface area (Å²) in [5.41, 5.74) is 4.32. The van der Waals surface area contributed by atoms with Crippen LogP contribution in [0.15, 0.2) is 70.3 Å². The molecule has 2 unspecified atom stereocenters. The zero-order valence-electron chi connectivity index (χ0n) is 50.6. The number of halogens is 2. The van der Waals surface area contributed by atoms with E-state index < -0.39 is 10.8 Å². The van der Waals surface area contributed by atoms with E-state index in [2.05, 4.69) is 67.9 Å². The van der Waals surface area contributed by atoms with Crippen molar-refractivity contribution in [3.05, 3.63) is 127 Å². The fraction of sp³-hybridized carbons (Fsp3) is 0.594. The highest BCUT2D eigenvalue weighted by Gasteiger charge is 2.43. The monoisotopic (exact) mass is 1160 g/mol. The highest BCUT2D eigenvalue weighted by atomic mass is 19.1. The van der Waals surface area contributed by atoms with Gasteiger partial charge in [-0.2, -0.15) is 0 Å². The minimum absolute atomic E-state index is 0.0187. The van der Waals surface area contributed by atoms with Crippen molar-refractivity contribution >= 4 is 35.0 Å². The molecule has 0 saturated carbocycles. The van der Waals surface area contributed by atoms with Gasteiger partial charge >= 0.3 is 0 Å². The zero-order chi connectivity index (χ0) is 59.8. The van der Waals surface area contributed by atoms with Gasteiger partial charge in [0.2, 0.25) is 23.6 Å². The van der Waals surface area contributed by atoms with Crippen LogP contribution in [0.25, 0.3) is 0 Å². The Labute approximate surface area is 493 Å². The van der Waals surface area contributed by atoms with Crippen LogP contribution in [0.2, 0.25) is 0 Å². The van der Waals surface area contributed by atoms with Gasteiger partial charge < -0.3 is 40.2 Å². The van der Waals surface area contributed by atoms with E-state index in [0.29, 0.717) is 102 Å². The SMILES string of the molecule is CC1CN(C(=O)CCCCC(=O)N2CCN(C[C@H]3CN[C@H](C)CN3CC(=O)N3CC(C)(C)c4[nH]c(=O)c(Cc5ccc(F)cc5)cc43)C(C)C2)CCN1C[C@H]1CN[C@H](C)CN1CC(=O)N1CC(C)(C)c2[nH]c(=O)c(Cc3ccc(F)cc3)cc21. The lowest BCUT2D eigenvalue weighted by Crippen LogP contribution is -2.63. The number of anilines is 2. The molecule has 2 aromatic heterocycles. The number of hydrogen-bond acceptors (Lipinski definition) is 12. The Morgan fingerprint density at radius 2 is 0.905 bits per heavy atom. The molecule has 4 aromatic rings. The smallest absolute Gasteiger partial charge is 0.251 e. The van der Waals surface area contributed by atoms with E-state index in [9.17, 15) is 37.5 Å². The van der Waals surface area contributed by atoms with Crippen molar-refractivity contribution in [1.29, 1.82) is 0 Å². The third-order valence-corrected chi connectivity index (χ3v) is 18.7. The summed E-state index contributed by atoms with van der Waals surface area (Å²) in [5.74, 6) is -0.473. The molecule has 2 aromatic carbocycles. The maximum absolute atomic E-state index is 14.4. The molecule has 84 heavy (non-hydrogen) atoms. The van der Waals surface area contributed by atoms with Crippen LogP contribution in [0, 0.1) is 11.6 Å². The van der Waals surface area contributed by atoms with Crippen LogP contribution < -0.4 is 31.6 Å². The molecule has 18 nitrogen and oxygen atoms in total. The first-order valence-corrected chi connectivity index (χ1v) is 30.6. The Morgan fingerprint density at radius 3 is 1.27 bits per heavy atom. The largest absolute Gasteiger partial charge is 0.340 e. The third-order valence-electron chi connectivity index (χ3n) is 18.7. The number of fused-ring (bicyclic) bond motifs is 2. The number of pyridine rings is 2. The molecule has 6 aliphatic rings. The molecule has 8 heterocycles. The number of nitrogens with zero attached hydrogens (tertiary/aromatic N) is 8. The second-order valence-electron chi connectivity index (χ2n) is 26.5. The standard InChI is InChI=1S/C64H88F2N12O6/c1-41-31-75(37-57(81)77-39-63(5,6)59-53(77)27-47(61(83)69-59)25-45-13-17-49(65)18-14-45)51(29-67-41)35-71-21-23-73(33-43(71)3)55(79)11-9-10-12-56(80)74-24-22-72(44(4)34-74)36-52-30-68-42(2)32-76(52)38-58(82)78-40-64(7,8)60-54(78)28-48(62(84)70-60)26-46-15-19-50(66)20-16-46/h13-20,27-28,41-44,51-52,67-68H,9-12,21-26,29-40H2,1-8H3,(H,69,83)(H,70,84)/t41-,42-,43?,44?,51-,52-/m1/s1. The molecular weight excluding hydrogens is 1070 g/mol. The molecule has 4 amide bonds. The number of aromatic amines is 2. The molecule has 0 bridgehead atoms. The van der Waals surface area contributed by atoms with Crippen molar-refractivity contribution < 1.29 is 28.0 Å². The molecule has 6 aliphatic heterocycles. The van der Waals surface area contributed by atoms with E-state index in [4.69, 9.17) is 0 Å². The Morgan fingerprint density at radius 1 is 0.524 bits per heavy atom. The van der Waals surface area contributed by atoms with E-state index in [-0.39, 0.29) is 95.7 Å². The van der Waals surface area contributed by atoms with Gasteiger partial charge in [0.05, 0.1) is 24.5 Å². The van der Waals surface area contributed by atoms with Gasteiger partial charge in [-0.1, -0.05) is 52.0 Å². The van der Waals surface area contributed by atoms with Crippen molar-refractivity contribution in [2.45, 2.75) is 141 Å². The van der Waals surface area contributed by atoms with Gasteiger partial charge in [-0.05, 0) is 88.1 Å². The van der Waals surface area contributed by atoms with Crippen LogP contribution in [-0.2, 0) is 42.8 Å². The van der Waals surface area contributed by atoms with E-state index in [1.54, 1.807) is 24.3 Å². The van der Waals surface area contributed by atoms with Gasteiger partial charge in [-0.25, -0.2) is 8.78 Å². The van der Waals surface area contributed by atoms with Gasteiger partial charge in [0.1, 0.15) is 11.6 Å². The first-order valence-electron chi connectivity index (χ1n) is 30.6. The summed E-state index contributed by atoms with van der Waals surface area (Å²) in [6.07, 6.45) is 2.73. The quantitative estimate of drug-likeness (QED) is 0.109. The number of carbonyl (C=O) groups excluding carboxylic acids is 4. The summed E-state index contributed by atoms with van der Waals surface area (Å²) >= 11 is 0. The minimum atomic E-state index is -0.447. The number of rotatable bonds is 17. The zero-order valence-corrected chi connectivity index (χ0v) is 50.6. The lowest BCUT2D eigenvalue weighted by atomic mass is 9.91. The molecule has 10 rings (SSSR count). The Balaban J connectivity index is 0.659. The fourth-order valence-electron chi connectivity index (χ4n) is 13.8. The summed E-state index contributed by atoms with van der Waals surface area (Å²) in [4.78, 5) is 106. The number of nitrogens with one attached hydrogen (secondary N) is 4. The predicted octanol–water partition coefficient (Wildman–Crippen LogP) is 4.42. The van der Waals surface area contributed by atoms with Crippen LogP contribution in [0.1, 0.15) is 115 Å². The maximum atomic E-state index is 14.4. The average Bonchev–Trinajstić information content (AvgIpc) is 2.41. The Kier molecular flexibility index (Phi) is 18.4. The van der Waals surface area contributed by atoms with Gasteiger partial charge in [0, 0.05) is 187 Å². The number of benzene rings is 2. The summed E-state index contributed by atoms with van der Waals surface area (Å²) in [7, 11) is 0. The molecule has 0 spiro atoms. The van der Waals surface area contributed by atoms with E-state index in [1.807, 2.05) is 59.4 Å². The van der Waals surface area contributed by atoms with Crippen molar-refractivity contribution in [2.75, 3.05) is 115 Å². The molecule has 20 heteroatoms. The number of H-pyrrole nitrogens is 2. The van der Waals surface area contributed by atoms with Gasteiger partial charge in [-0.15, -0.1) is 0 Å². The van der Waals surface area contributed by atoms with Crippen molar-refractivity contribution in [2.24, 2.45) is 0 Å². The molecule has 4 fully saturated rings. The number of hydrogen-bond donors (Lipinski definition) is 4. The lowest BCUT2D eigenvalue weighted by Gasteiger charge is -2.46. The van der Waals surface area contributed by atoms with E-state index >= 15 is 0 Å². The average molecular weight is 1160 g/mol. The summed E-state index contributed by atoms with van der Waals surface area (Å²) < 4.78 is 27.3. The highest BCUT2D eigenvalue weighted by molar-refractivity contribution is 5.98. The lowest BCUT2D eigenvalue weighted by molar-refractivity contribution is -0.136. The summed E-state index contributed by atoms with van der Waals surface area (Å²) in [6.45, 7) is 26.5. The molecular formula is C64H88F2N12O6. The molecule has 0 aliphatic carbocycles. The first-order chi connectivity index (χ1) is 40.0. The number of aromatic nitrogens is 2. The van der Waals surface area contributed by atoms with Crippen LogP contribution >= 0.6 is 0 Å². The van der Waals surface area contributed by atoms with Crippen LogP contribution in [0.5, 0.6) is 0 Å². The van der Waals surface area contributed by atoms with E-state index in [1.165, 1.54) is 24.3 Å². The van der Waals surface area contributed by atoms with Gasteiger partial charge in [-0.3, -0.25) is 48.4 Å². The number of amides is 4. The molecule has 4 saturated heterocycles. The Bertz CT molecular complexity index is 2960. The number of carbonyl (C=O) groups is 4. The third kappa shape index (κ3) is 13.9. The summed E-state index contributed by atoms with van der Waals surface area (Å²) in [6, 6.07) is 16.7. The molecule has 454 valence electrons. The fourth-order valence-corrected chi connectivity index (χ4v) is 13.8. The van der Waals surface area contributed by atoms with E-state index in [0.717, 1.165) is 73.2 Å². The highest BCUT2D eigenvalue weighted by Crippen LogP contribution is 2.41. The predicted molar refractivity (Wildman–Crippen MR) is 323 cm³/mol. The second-order valence-corrected chi connectivity index (χ2v) is 26.5. The molecule has 6 atom stereocenters. The number of piperazine rings is 4. The van der Waals surface area contributed by atoms with Gasteiger partial charge in [0.15, 0.2) is 0 Å². The second kappa shape index (κ2) is 25.4. The molecule has 0 radical (unpaired) electrons. The normalized spacial score (nSPS) is 24.8. The van der Waals surface area contributed by atoms with Crippen molar-refractivity contribution in [3.63, 3.8) is 0 Å². The van der Waals surface area contributed by atoms with Crippen LogP contribution in [0.3, 0.4) is 0 Å². The maximum Gasteiger partial charge on any atom is 0.251 e. The van der Waals surface area contributed by atoms with Crippen LogP contribution in [0.4, 0.5) is 20.2 Å². The Hall–Kier alpha value is -6.16. The van der Waals surface area contributed by atoms with Crippen molar-refractivity contribution in [1.82, 2.24) is 50.0 Å². The number of unbranched alkanes of at least 4 members (excludes halogenated alkanes) is 1. The summed E-state index contributed by atoms with van der Waals surface area (Å²) in [5, 5.41) is 7.26. The topological polar surface area (TPSA) is 184 Å². The van der Waals surface area contributed by atoms with Crippen molar-refractivity contribution in [3.8, 4) is 0 Å². The van der Waals surface area contributed by atoms with Gasteiger partial charge in [0.25, 0.3) is 11.1 Å². The van der Waals surface area contributed by atoms with Crippen LogP contribution in [-0.4, -0.2) is 204 Å². The first kappa shape index (κ1) is 60.9. The minimum Gasteiger partial charge on any atom is -0.340 e. The molecule has 4 N–H and O–H groups in total.